The highest BCUT2D eigenvalue weighted by atomic mass is 32.2. The summed E-state index contributed by atoms with van der Waals surface area (Å²) < 4.78 is 37.9. The molecule has 2 aliphatic heterocycles. The van der Waals surface area contributed by atoms with E-state index in [0.29, 0.717) is 56.4 Å². The maximum Gasteiger partial charge on any atom is 0.417 e. The van der Waals surface area contributed by atoms with Gasteiger partial charge in [0.1, 0.15) is 5.82 Å². The first-order valence-corrected chi connectivity index (χ1v) is 11.5. The molecule has 2 aliphatic rings. The van der Waals surface area contributed by atoms with E-state index in [0.717, 1.165) is 18.9 Å². The van der Waals surface area contributed by atoms with Crippen LogP contribution in [0.15, 0.2) is 44.6 Å². The summed E-state index contributed by atoms with van der Waals surface area (Å²) in [4.78, 5) is 27.2. The van der Waals surface area contributed by atoms with E-state index < -0.39 is 15.8 Å². The SMILES string of the molecule is O=c1[nH]c2cc(S(=O)(=O)N3CCN(c4ccnc(N5CCOCC5)n4)CC3)ccc2o1. The van der Waals surface area contributed by atoms with Gasteiger partial charge in [-0.25, -0.2) is 18.2 Å². The first kappa shape index (κ1) is 20.0. The first-order valence-electron chi connectivity index (χ1n) is 10.0. The highest BCUT2D eigenvalue weighted by molar-refractivity contribution is 7.89. The molecule has 12 heteroatoms. The van der Waals surface area contributed by atoms with Crippen LogP contribution in [0.4, 0.5) is 11.8 Å². The average Bonchev–Trinajstić information content (AvgIpc) is 3.19. The molecule has 1 N–H and O–H groups in total. The van der Waals surface area contributed by atoms with E-state index >= 15 is 0 Å². The lowest BCUT2D eigenvalue weighted by Gasteiger charge is -2.35. The molecule has 0 saturated carbocycles. The smallest absolute Gasteiger partial charge is 0.408 e. The predicted molar refractivity (Wildman–Crippen MR) is 113 cm³/mol. The summed E-state index contributed by atoms with van der Waals surface area (Å²) in [7, 11) is -3.69. The van der Waals surface area contributed by atoms with Gasteiger partial charge >= 0.3 is 5.76 Å². The van der Waals surface area contributed by atoms with Gasteiger partial charge in [0.05, 0.1) is 23.6 Å². The van der Waals surface area contributed by atoms with Gasteiger partial charge in [0.25, 0.3) is 0 Å². The molecule has 11 nitrogen and oxygen atoms in total. The molecule has 0 amide bonds. The van der Waals surface area contributed by atoms with Crippen molar-refractivity contribution in [1.82, 2.24) is 19.3 Å². The van der Waals surface area contributed by atoms with Crippen LogP contribution in [0.1, 0.15) is 0 Å². The molecule has 4 heterocycles. The van der Waals surface area contributed by atoms with Gasteiger partial charge in [0, 0.05) is 45.5 Å². The van der Waals surface area contributed by atoms with Crippen molar-refractivity contribution in [2.45, 2.75) is 4.90 Å². The summed E-state index contributed by atoms with van der Waals surface area (Å²) >= 11 is 0. The van der Waals surface area contributed by atoms with Gasteiger partial charge in [-0.3, -0.25) is 4.98 Å². The maximum atomic E-state index is 13.1. The number of piperazine rings is 1. The fraction of sp³-hybridized carbons (Fsp3) is 0.421. The van der Waals surface area contributed by atoms with Gasteiger partial charge in [-0.1, -0.05) is 0 Å². The number of fused-ring (bicyclic) bond motifs is 1. The number of nitrogens with zero attached hydrogens (tertiary/aromatic N) is 5. The predicted octanol–water partition coefficient (Wildman–Crippen LogP) is 0.259. The number of nitrogens with one attached hydrogen (secondary N) is 1. The van der Waals surface area contributed by atoms with Crippen molar-refractivity contribution >= 4 is 32.9 Å². The third kappa shape index (κ3) is 3.89. The molecular weight excluding hydrogens is 424 g/mol. The van der Waals surface area contributed by atoms with Crippen molar-refractivity contribution < 1.29 is 17.6 Å². The molecule has 2 aromatic heterocycles. The van der Waals surface area contributed by atoms with Crippen LogP contribution < -0.4 is 15.6 Å². The van der Waals surface area contributed by atoms with E-state index in [2.05, 4.69) is 24.8 Å². The third-order valence-corrected chi connectivity index (χ3v) is 7.41. The summed E-state index contributed by atoms with van der Waals surface area (Å²) in [6, 6.07) is 6.22. The molecule has 5 rings (SSSR count). The van der Waals surface area contributed by atoms with Gasteiger partial charge in [-0.2, -0.15) is 9.29 Å². The topological polar surface area (TPSA) is 125 Å². The van der Waals surface area contributed by atoms with E-state index in [9.17, 15) is 13.2 Å². The molecule has 2 saturated heterocycles. The average molecular weight is 446 g/mol. The fourth-order valence-corrected chi connectivity index (χ4v) is 5.28. The molecule has 0 bridgehead atoms. The number of morpholine rings is 1. The lowest BCUT2D eigenvalue weighted by atomic mass is 10.3. The molecule has 0 aliphatic carbocycles. The quantitative estimate of drug-likeness (QED) is 0.601. The summed E-state index contributed by atoms with van der Waals surface area (Å²) in [5.41, 5.74) is 0.690. The van der Waals surface area contributed by atoms with E-state index in [-0.39, 0.29) is 4.90 Å². The van der Waals surface area contributed by atoms with Gasteiger partial charge < -0.3 is 19.0 Å². The second-order valence-electron chi connectivity index (χ2n) is 7.38. The van der Waals surface area contributed by atoms with Crippen molar-refractivity contribution in [2.75, 3.05) is 62.3 Å². The van der Waals surface area contributed by atoms with Gasteiger partial charge in [0.15, 0.2) is 5.58 Å². The van der Waals surface area contributed by atoms with Crippen LogP contribution in [0, 0.1) is 0 Å². The van der Waals surface area contributed by atoms with Crippen LogP contribution in [-0.4, -0.2) is 80.2 Å². The number of hydrogen-bond donors (Lipinski definition) is 1. The Hall–Kier alpha value is -2.96. The lowest BCUT2D eigenvalue weighted by Crippen LogP contribution is -2.49. The molecule has 2 fully saturated rings. The van der Waals surface area contributed by atoms with Crippen LogP contribution in [0.25, 0.3) is 11.1 Å². The Morgan fingerprint density at radius 3 is 2.52 bits per heavy atom. The standard InChI is InChI=1S/C19H22N6O5S/c26-19-21-15-13-14(1-2-16(15)30-19)31(27,28)25-7-5-23(6-8-25)17-3-4-20-18(22-17)24-9-11-29-12-10-24/h1-4,13H,5-12H2,(H,21,26). The molecule has 31 heavy (non-hydrogen) atoms. The highest BCUT2D eigenvalue weighted by Gasteiger charge is 2.29. The van der Waals surface area contributed by atoms with E-state index in [4.69, 9.17) is 9.15 Å². The Kier molecular flexibility index (Phi) is 5.12. The zero-order valence-electron chi connectivity index (χ0n) is 16.7. The van der Waals surface area contributed by atoms with Crippen LogP contribution in [0.2, 0.25) is 0 Å². The summed E-state index contributed by atoms with van der Waals surface area (Å²) in [6.45, 7) is 4.51. The molecule has 1 aromatic carbocycles. The lowest BCUT2D eigenvalue weighted by molar-refractivity contribution is 0.122. The van der Waals surface area contributed by atoms with Crippen molar-refractivity contribution in [3.8, 4) is 0 Å². The number of rotatable bonds is 4. The van der Waals surface area contributed by atoms with Gasteiger partial charge in [-0.05, 0) is 24.3 Å². The highest BCUT2D eigenvalue weighted by Crippen LogP contribution is 2.23. The Morgan fingerprint density at radius 2 is 1.74 bits per heavy atom. The van der Waals surface area contributed by atoms with E-state index in [1.807, 2.05) is 6.07 Å². The molecule has 0 spiro atoms. The largest absolute Gasteiger partial charge is 0.417 e. The number of ether oxygens (including phenoxy) is 1. The molecule has 3 aromatic rings. The van der Waals surface area contributed by atoms with Crippen LogP contribution in [-0.2, 0) is 14.8 Å². The number of aromatic nitrogens is 3. The minimum Gasteiger partial charge on any atom is -0.408 e. The van der Waals surface area contributed by atoms with E-state index in [1.165, 1.54) is 22.5 Å². The monoisotopic (exact) mass is 446 g/mol. The molecule has 0 radical (unpaired) electrons. The minimum atomic E-state index is -3.69. The maximum absolute atomic E-state index is 13.1. The number of anilines is 2. The minimum absolute atomic E-state index is 0.127. The van der Waals surface area contributed by atoms with Crippen molar-refractivity contribution in [1.29, 1.82) is 0 Å². The number of sulfonamides is 1. The zero-order valence-corrected chi connectivity index (χ0v) is 17.5. The van der Waals surface area contributed by atoms with Crippen molar-refractivity contribution in [3.63, 3.8) is 0 Å². The Balaban J connectivity index is 1.30. The number of oxazole rings is 1. The Bertz CT molecular complexity index is 1240. The molecule has 0 unspecified atom stereocenters. The normalized spacial score (nSPS) is 18.6. The number of aromatic amines is 1. The van der Waals surface area contributed by atoms with E-state index in [1.54, 1.807) is 6.20 Å². The Morgan fingerprint density at radius 1 is 0.968 bits per heavy atom. The third-order valence-electron chi connectivity index (χ3n) is 5.51. The van der Waals surface area contributed by atoms with Crippen LogP contribution in [0.3, 0.4) is 0 Å². The van der Waals surface area contributed by atoms with Crippen molar-refractivity contribution in [3.05, 3.63) is 41.0 Å². The van der Waals surface area contributed by atoms with Gasteiger partial charge in [-0.15, -0.1) is 0 Å². The Labute approximate surface area is 178 Å². The second kappa shape index (κ2) is 7.94. The summed E-state index contributed by atoms with van der Waals surface area (Å²) in [5.74, 6) is 0.837. The van der Waals surface area contributed by atoms with Gasteiger partial charge in [0.2, 0.25) is 16.0 Å². The summed E-state index contributed by atoms with van der Waals surface area (Å²) in [6.07, 6.45) is 1.73. The number of hydrogen-bond acceptors (Lipinski definition) is 9. The summed E-state index contributed by atoms with van der Waals surface area (Å²) in [5, 5.41) is 0. The number of H-pyrrole nitrogens is 1. The first-order chi connectivity index (χ1) is 15.0. The van der Waals surface area contributed by atoms with Crippen molar-refractivity contribution in [2.24, 2.45) is 0 Å². The molecular formula is C19H22N6O5S. The van der Waals surface area contributed by atoms with Crippen LogP contribution in [0.5, 0.6) is 0 Å². The second-order valence-corrected chi connectivity index (χ2v) is 9.32. The fourth-order valence-electron chi connectivity index (χ4n) is 3.83. The van der Waals surface area contributed by atoms with Crippen LogP contribution >= 0.6 is 0 Å². The zero-order chi connectivity index (χ0) is 21.4. The molecule has 164 valence electrons. The molecule has 0 atom stereocenters. The number of benzene rings is 1.